The highest BCUT2D eigenvalue weighted by Crippen LogP contribution is 2.23. The number of amides is 2. The van der Waals surface area contributed by atoms with Crippen molar-refractivity contribution in [2.24, 2.45) is 11.7 Å². The maximum atomic E-state index is 12.3. The van der Waals surface area contributed by atoms with E-state index in [9.17, 15) is 9.59 Å². The third-order valence-electron chi connectivity index (χ3n) is 5.26. The molecule has 0 radical (unpaired) electrons. The van der Waals surface area contributed by atoms with Gasteiger partial charge in [0.1, 0.15) is 0 Å². The molecule has 2 atom stereocenters. The second kappa shape index (κ2) is 10.2. The van der Waals surface area contributed by atoms with Crippen LogP contribution >= 0.6 is 0 Å². The predicted octanol–water partition coefficient (Wildman–Crippen LogP) is 3.21. The smallest absolute Gasteiger partial charge is 0.224 e. The minimum atomic E-state index is -0.136. The minimum Gasteiger partial charge on any atom is -0.326 e. The molecule has 1 heterocycles. The van der Waals surface area contributed by atoms with Crippen LogP contribution in [0.3, 0.4) is 0 Å². The van der Waals surface area contributed by atoms with Crippen LogP contribution in [-0.2, 0) is 16.1 Å². The van der Waals surface area contributed by atoms with Gasteiger partial charge < -0.3 is 16.4 Å². The first-order valence-corrected chi connectivity index (χ1v) is 10.2. The van der Waals surface area contributed by atoms with Crippen LogP contribution in [-0.4, -0.2) is 35.8 Å². The van der Waals surface area contributed by atoms with Crippen LogP contribution in [0.1, 0.15) is 31.7 Å². The number of nitrogens with two attached hydrogens (primary N) is 1. The molecule has 0 saturated carbocycles. The fourth-order valence-electron chi connectivity index (χ4n) is 3.89. The van der Waals surface area contributed by atoms with Crippen molar-refractivity contribution >= 4 is 23.2 Å². The van der Waals surface area contributed by atoms with E-state index in [1.807, 2.05) is 12.1 Å². The lowest BCUT2D eigenvalue weighted by atomic mass is 9.97. The molecular weight excluding hydrogens is 364 g/mol. The van der Waals surface area contributed by atoms with E-state index in [1.165, 1.54) is 12.5 Å². The molecule has 6 heteroatoms. The first-order chi connectivity index (χ1) is 14.0. The molecule has 6 nitrogen and oxygen atoms in total. The van der Waals surface area contributed by atoms with Crippen molar-refractivity contribution in [1.29, 1.82) is 0 Å². The molecule has 0 unspecified atom stereocenters. The Morgan fingerprint density at radius 1 is 1.03 bits per heavy atom. The standard InChI is InChI=1S/C23H30N4O2/c1-17(28)25-20-10-6-11-21(13-20)26-23(29)12-5-9-19-15-27(16-22(19)24)14-18-7-3-2-4-8-18/h2-4,6-8,10-11,13,19,22H,5,9,12,14-16,24H2,1H3,(H,25,28)(H,26,29)/t19-,22+/m1/s1. The van der Waals surface area contributed by atoms with Gasteiger partial charge in [-0.3, -0.25) is 14.5 Å². The number of carbonyl (C=O) groups excluding carboxylic acids is 2. The molecule has 0 aliphatic carbocycles. The zero-order valence-electron chi connectivity index (χ0n) is 16.9. The van der Waals surface area contributed by atoms with E-state index >= 15 is 0 Å². The highest BCUT2D eigenvalue weighted by Gasteiger charge is 2.29. The second-order valence-corrected chi connectivity index (χ2v) is 7.81. The van der Waals surface area contributed by atoms with Crippen LogP contribution in [0.4, 0.5) is 11.4 Å². The highest BCUT2D eigenvalue weighted by molar-refractivity contribution is 5.93. The number of carbonyl (C=O) groups is 2. The molecule has 2 amide bonds. The molecule has 1 saturated heterocycles. The number of hydrogen-bond donors (Lipinski definition) is 3. The summed E-state index contributed by atoms with van der Waals surface area (Å²) in [6.45, 7) is 4.27. The van der Waals surface area contributed by atoms with Gasteiger partial charge in [-0.25, -0.2) is 0 Å². The summed E-state index contributed by atoms with van der Waals surface area (Å²) in [5.41, 5.74) is 9.01. The number of benzene rings is 2. The molecule has 1 fully saturated rings. The van der Waals surface area contributed by atoms with Crippen molar-refractivity contribution in [3.05, 3.63) is 60.2 Å². The van der Waals surface area contributed by atoms with Gasteiger partial charge in [-0.1, -0.05) is 36.4 Å². The molecule has 154 valence electrons. The number of nitrogens with zero attached hydrogens (tertiary/aromatic N) is 1. The average Bonchev–Trinajstić information content (AvgIpc) is 3.01. The van der Waals surface area contributed by atoms with E-state index in [0.717, 1.165) is 32.5 Å². The van der Waals surface area contributed by atoms with E-state index in [2.05, 4.69) is 39.8 Å². The summed E-state index contributed by atoms with van der Waals surface area (Å²) in [5.74, 6) is 0.273. The summed E-state index contributed by atoms with van der Waals surface area (Å²) in [7, 11) is 0. The van der Waals surface area contributed by atoms with E-state index in [1.54, 1.807) is 18.2 Å². The van der Waals surface area contributed by atoms with Gasteiger partial charge in [-0.15, -0.1) is 0 Å². The monoisotopic (exact) mass is 394 g/mol. The lowest BCUT2D eigenvalue weighted by molar-refractivity contribution is -0.116. The zero-order chi connectivity index (χ0) is 20.6. The maximum Gasteiger partial charge on any atom is 0.224 e. The van der Waals surface area contributed by atoms with Crippen molar-refractivity contribution < 1.29 is 9.59 Å². The second-order valence-electron chi connectivity index (χ2n) is 7.81. The fraction of sp³-hybridized carbons (Fsp3) is 0.391. The van der Waals surface area contributed by atoms with Gasteiger partial charge in [0.15, 0.2) is 0 Å². The van der Waals surface area contributed by atoms with Crippen LogP contribution in [0.2, 0.25) is 0 Å². The average molecular weight is 395 g/mol. The van der Waals surface area contributed by atoms with Crippen LogP contribution in [0.25, 0.3) is 0 Å². The Hall–Kier alpha value is -2.70. The van der Waals surface area contributed by atoms with Gasteiger partial charge >= 0.3 is 0 Å². The number of anilines is 2. The van der Waals surface area contributed by atoms with Crippen LogP contribution < -0.4 is 16.4 Å². The Labute approximate surface area is 172 Å². The normalized spacial score (nSPS) is 19.1. The summed E-state index contributed by atoms with van der Waals surface area (Å²) < 4.78 is 0. The van der Waals surface area contributed by atoms with Gasteiger partial charge in [0.05, 0.1) is 0 Å². The maximum absolute atomic E-state index is 12.3. The van der Waals surface area contributed by atoms with E-state index < -0.39 is 0 Å². The number of hydrogen-bond acceptors (Lipinski definition) is 4. The van der Waals surface area contributed by atoms with Gasteiger partial charge in [0.2, 0.25) is 11.8 Å². The molecule has 0 bridgehead atoms. The molecule has 29 heavy (non-hydrogen) atoms. The summed E-state index contributed by atoms with van der Waals surface area (Å²) in [6.07, 6.45) is 2.23. The minimum absolute atomic E-state index is 0.0160. The van der Waals surface area contributed by atoms with E-state index in [0.29, 0.717) is 23.7 Å². The van der Waals surface area contributed by atoms with E-state index in [4.69, 9.17) is 5.73 Å². The molecule has 0 spiro atoms. The van der Waals surface area contributed by atoms with Crippen LogP contribution in [0.15, 0.2) is 54.6 Å². The van der Waals surface area contributed by atoms with Crippen molar-refractivity contribution in [1.82, 2.24) is 4.90 Å². The Bertz CT molecular complexity index is 825. The molecule has 4 N–H and O–H groups in total. The first kappa shape index (κ1) is 21.0. The lowest BCUT2D eigenvalue weighted by Crippen LogP contribution is -2.29. The largest absolute Gasteiger partial charge is 0.326 e. The molecule has 2 aromatic rings. The van der Waals surface area contributed by atoms with Crippen molar-refractivity contribution in [2.75, 3.05) is 23.7 Å². The summed E-state index contributed by atoms with van der Waals surface area (Å²) >= 11 is 0. The van der Waals surface area contributed by atoms with Gasteiger partial charge in [-0.2, -0.15) is 0 Å². The van der Waals surface area contributed by atoms with Gasteiger partial charge in [0.25, 0.3) is 0 Å². The summed E-state index contributed by atoms with van der Waals surface area (Å²) in [6, 6.07) is 17.8. The Kier molecular flexibility index (Phi) is 7.38. The van der Waals surface area contributed by atoms with Crippen molar-refractivity contribution in [3.63, 3.8) is 0 Å². The Morgan fingerprint density at radius 2 is 1.76 bits per heavy atom. The molecular formula is C23H30N4O2. The van der Waals surface area contributed by atoms with Crippen LogP contribution in [0.5, 0.6) is 0 Å². The van der Waals surface area contributed by atoms with Crippen LogP contribution in [0, 0.1) is 5.92 Å². The SMILES string of the molecule is CC(=O)Nc1cccc(NC(=O)CCC[C@@H]2CN(Cc3ccccc3)C[C@@H]2N)c1. The van der Waals surface area contributed by atoms with Crippen molar-refractivity contribution in [3.8, 4) is 0 Å². The fourth-order valence-corrected chi connectivity index (χ4v) is 3.89. The molecule has 1 aliphatic heterocycles. The van der Waals surface area contributed by atoms with Gasteiger partial charge in [0, 0.05) is 50.4 Å². The molecule has 1 aliphatic rings. The molecule has 0 aromatic heterocycles. The zero-order valence-corrected chi connectivity index (χ0v) is 16.9. The van der Waals surface area contributed by atoms with Gasteiger partial charge in [-0.05, 0) is 42.5 Å². The topological polar surface area (TPSA) is 87.5 Å². The third kappa shape index (κ3) is 6.69. The number of rotatable bonds is 8. The molecule has 3 rings (SSSR count). The molecule has 2 aromatic carbocycles. The van der Waals surface area contributed by atoms with E-state index in [-0.39, 0.29) is 17.9 Å². The summed E-state index contributed by atoms with van der Waals surface area (Å²) in [5, 5.41) is 5.62. The lowest BCUT2D eigenvalue weighted by Gasteiger charge is -2.16. The van der Waals surface area contributed by atoms with Crippen molar-refractivity contribution in [2.45, 2.75) is 38.8 Å². The Morgan fingerprint density at radius 3 is 2.48 bits per heavy atom. The third-order valence-corrected chi connectivity index (χ3v) is 5.26. The first-order valence-electron chi connectivity index (χ1n) is 10.2. The number of likely N-dealkylation sites (tertiary alicyclic amines) is 1. The highest BCUT2D eigenvalue weighted by atomic mass is 16.2. The number of nitrogens with one attached hydrogen (secondary N) is 2. The summed E-state index contributed by atoms with van der Waals surface area (Å²) in [4.78, 5) is 25.8. The Balaban J connectivity index is 1.40. The quantitative estimate of drug-likeness (QED) is 0.642. The predicted molar refractivity (Wildman–Crippen MR) is 116 cm³/mol.